The normalized spacial score (nSPS) is 16.2. The highest BCUT2D eigenvalue weighted by Gasteiger charge is 2.20. The molecule has 0 unspecified atom stereocenters. The van der Waals surface area contributed by atoms with Crippen molar-refractivity contribution in [3.05, 3.63) is 29.8 Å². The van der Waals surface area contributed by atoms with E-state index in [1.165, 1.54) is 0 Å². The highest BCUT2D eigenvalue weighted by atomic mass is 16.1. The van der Waals surface area contributed by atoms with Crippen molar-refractivity contribution < 1.29 is 9.59 Å². The largest absolute Gasteiger partial charge is 0.369 e. The Morgan fingerprint density at radius 1 is 0.913 bits per heavy atom. The minimum atomic E-state index is 0.0305. The van der Waals surface area contributed by atoms with E-state index in [2.05, 4.69) is 9.80 Å². The molecule has 4 heteroatoms. The number of Topliss-reactive ketones (excluding diaryl/α,β-unsaturated/α-hetero) is 2. The van der Waals surface area contributed by atoms with Crippen LogP contribution >= 0.6 is 0 Å². The molecule has 1 heterocycles. The van der Waals surface area contributed by atoms with E-state index in [1.807, 2.05) is 52.0 Å². The summed E-state index contributed by atoms with van der Waals surface area (Å²) in [6.45, 7) is 12.0. The smallest absolute Gasteiger partial charge is 0.165 e. The minimum Gasteiger partial charge on any atom is -0.369 e. The Balaban J connectivity index is 1.90. The Kier molecular flexibility index (Phi) is 5.94. The third-order valence-corrected chi connectivity index (χ3v) is 4.44. The molecule has 0 atom stereocenters. The Hall–Kier alpha value is -1.68. The average Bonchev–Trinajstić information content (AvgIpc) is 2.55. The van der Waals surface area contributed by atoms with Crippen LogP contribution in [-0.2, 0) is 4.79 Å². The molecule has 0 aromatic heterocycles. The van der Waals surface area contributed by atoms with E-state index in [-0.39, 0.29) is 17.6 Å². The lowest BCUT2D eigenvalue weighted by Gasteiger charge is -2.36. The van der Waals surface area contributed by atoms with E-state index in [0.29, 0.717) is 12.3 Å². The molecule has 0 N–H and O–H groups in total. The lowest BCUT2D eigenvalue weighted by Crippen LogP contribution is -2.48. The molecule has 1 aromatic carbocycles. The topological polar surface area (TPSA) is 40.6 Å². The number of hydrogen-bond donors (Lipinski definition) is 0. The molecule has 0 saturated carbocycles. The van der Waals surface area contributed by atoms with Crippen LogP contribution in [0.1, 0.15) is 38.1 Å². The van der Waals surface area contributed by atoms with Crippen molar-refractivity contribution >= 4 is 17.3 Å². The first-order chi connectivity index (χ1) is 10.9. The fraction of sp³-hybridized carbons (Fsp3) is 0.579. The molecule has 1 fully saturated rings. The van der Waals surface area contributed by atoms with Gasteiger partial charge in [0.25, 0.3) is 0 Å². The van der Waals surface area contributed by atoms with Crippen molar-refractivity contribution in [1.29, 1.82) is 0 Å². The number of carbonyl (C=O) groups is 2. The average molecular weight is 316 g/mol. The van der Waals surface area contributed by atoms with E-state index in [4.69, 9.17) is 0 Å². The number of hydrogen-bond acceptors (Lipinski definition) is 4. The summed E-state index contributed by atoms with van der Waals surface area (Å²) in [4.78, 5) is 28.4. The van der Waals surface area contributed by atoms with Crippen LogP contribution in [0.3, 0.4) is 0 Å². The molecule has 1 aromatic rings. The van der Waals surface area contributed by atoms with Crippen molar-refractivity contribution in [3.63, 3.8) is 0 Å². The van der Waals surface area contributed by atoms with Gasteiger partial charge in [-0.3, -0.25) is 14.5 Å². The van der Waals surface area contributed by atoms with Gasteiger partial charge in [-0.05, 0) is 24.3 Å². The maximum Gasteiger partial charge on any atom is 0.165 e. The van der Waals surface area contributed by atoms with Crippen LogP contribution in [0.4, 0.5) is 5.69 Å². The van der Waals surface area contributed by atoms with Crippen molar-refractivity contribution in [2.24, 2.45) is 11.8 Å². The summed E-state index contributed by atoms with van der Waals surface area (Å²) in [6.07, 6.45) is 0. The van der Waals surface area contributed by atoms with Crippen molar-refractivity contribution in [3.8, 4) is 0 Å². The third-order valence-electron chi connectivity index (χ3n) is 4.44. The van der Waals surface area contributed by atoms with Gasteiger partial charge < -0.3 is 4.90 Å². The summed E-state index contributed by atoms with van der Waals surface area (Å²) >= 11 is 0. The summed E-state index contributed by atoms with van der Waals surface area (Å²) in [5.74, 6) is 0.644. The maximum absolute atomic E-state index is 12.0. The molecule has 23 heavy (non-hydrogen) atoms. The first-order valence-electron chi connectivity index (χ1n) is 8.52. The SMILES string of the molecule is CC(C)C(=O)CN1CCN(c2ccc(C(=O)C(C)C)cc2)CC1. The minimum absolute atomic E-state index is 0.0305. The highest BCUT2D eigenvalue weighted by Crippen LogP contribution is 2.19. The van der Waals surface area contributed by atoms with E-state index < -0.39 is 0 Å². The second-order valence-corrected chi connectivity index (χ2v) is 6.95. The summed E-state index contributed by atoms with van der Waals surface area (Å²) in [6, 6.07) is 7.91. The quantitative estimate of drug-likeness (QED) is 0.757. The Morgan fingerprint density at radius 3 is 1.96 bits per heavy atom. The van der Waals surface area contributed by atoms with Crippen molar-refractivity contribution in [2.45, 2.75) is 27.7 Å². The molecular formula is C19H28N2O2. The summed E-state index contributed by atoms with van der Waals surface area (Å²) in [7, 11) is 0. The van der Waals surface area contributed by atoms with E-state index >= 15 is 0 Å². The van der Waals surface area contributed by atoms with Crippen LogP contribution < -0.4 is 4.90 Å². The molecule has 1 aliphatic rings. The molecule has 0 aliphatic carbocycles. The van der Waals surface area contributed by atoms with Gasteiger partial charge in [0.05, 0.1) is 6.54 Å². The lowest BCUT2D eigenvalue weighted by atomic mass is 10.0. The Bertz CT molecular complexity index is 541. The van der Waals surface area contributed by atoms with Gasteiger partial charge in [-0.25, -0.2) is 0 Å². The fourth-order valence-electron chi connectivity index (χ4n) is 2.74. The van der Waals surface area contributed by atoms with Crippen molar-refractivity contribution in [2.75, 3.05) is 37.6 Å². The molecular weight excluding hydrogens is 288 g/mol. The van der Waals surface area contributed by atoms with Gasteiger partial charge in [0.2, 0.25) is 0 Å². The van der Waals surface area contributed by atoms with Crippen LogP contribution in [0.15, 0.2) is 24.3 Å². The van der Waals surface area contributed by atoms with Gasteiger partial charge in [-0.2, -0.15) is 0 Å². The van der Waals surface area contributed by atoms with Crippen LogP contribution in [0, 0.1) is 11.8 Å². The molecule has 1 aliphatic heterocycles. The van der Waals surface area contributed by atoms with E-state index in [9.17, 15) is 9.59 Å². The molecule has 4 nitrogen and oxygen atoms in total. The zero-order valence-corrected chi connectivity index (χ0v) is 14.7. The van der Waals surface area contributed by atoms with Crippen LogP contribution in [0.2, 0.25) is 0 Å². The number of nitrogens with zero attached hydrogens (tertiary/aromatic N) is 2. The monoisotopic (exact) mass is 316 g/mol. The van der Waals surface area contributed by atoms with Crippen molar-refractivity contribution in [1.82, 2.24) is 4.90 Å². The van der Waals surface area contributed by atoms with Gasteiger partial charge in [0, 0.05) is 49.3 Å². The van der Waals surface area contributed by atoms with Crippen LogP contribution in [-0.4, -0.2) is 49.2 Å². The molecule has 0 bridgehead atoms. The number of anilines is 1. The van der Waals surface area contributed by atoms with E-state index in [1.54, 1.807) is 0 Å². The molecule has 2 rings (SSSR count). The maximum atomic E-state index is 12.0. The van der Waals surface area contributed by atoms with Gasteiger partial charge in [-0.15, -0.1) is 0 Å². The van der Waals surface area contributed by atoms with Gasteiger partial charge in [0.1, 0.15) is 5.78 Å². The highest BCUT2D eigenvalue weighted by molar-refractivity contribution is 5.97. The summed E-state index contributed by atoms with van der Waals surface area (Å²) in [5.41, 5.74) is 1.94. The van der Waals surface area contributed by atoms with Crippen LogP contribution in [0.5, 0.6) is 0 Å². The van der Waals surface area contributed by atoms with Gasteiger partial charge >= 0.3 is 0 Å². The molecule has 0 amide bonds. The van der Waals surface area contributed by atoms with Gasteiger partial charge in [0.15, 0.2) is 5.78 Å². The number of carbonyl (C=O) groups excluding carboxylic acids is 2. The number of piperazine rings is 1. The van der Waals surface area contributed by atoms with Crippen LogP contribution in [0.25, 0.3) is 0 Å². The zero-order chi connectivity index (χ0) is 17.0. The fourth-order valence-corrected chi connectivity index (χ4v) is 2.74. The molecule has 1 saturated heterocycles. The third kappa shape index (κ3) is 4.64. The first kappa shape index (κ1) is 17.7. The summed E-state index contributed by atoms with van der Waals surface area (Å²) < 4.78 is 0. The standard InChI is InChI=1S/C19H28N2O2/c1-14(2)18(22)13-20-9-11-21(12-10-20)17-7-5-16(6-8-17)19(23)15(3)4/h5-8,14-15H,9-13H2,1-4H3. The number of ketones is 2. The number of benzene rings is 1. The second kappa shape index (κ2) is 7.73. The molecule has 0 spiro atoms. The Labute approximate surface area is 139 Å². The Morgan fingerprint density at radius 2 is 1.48 bits per heavy atom. The predicted molar refractivity (Wildman–Crippen MR) is 94.1 cm³/mol. The lowest BCUT2D eigenvalue weighted by molar-refractivity contribution is -0.123. The summed E-state index contributed by atoms with van der Waals surface area (Å²) in [5, 5.41) is 0. The van der Waals surface area contributed by atoms with Gasteiger partial charge in [-0.1, -0.05) is 27.7 Å². The number of rotatable bonds is 6. The first-order valence-corrected chi connectivity index (χ1v) is 8.52. The molecule has 126 valence electrons. The molecule has 0 radical (unpaired) electrons. The zero-order valence-electron chi connectivity index (χ0n) is 14.7. The second-order valence-electron chi connectivity index (χ2n) is 6.95. The predicted octanol–water partition coefficient (Wildman–Crippen LogP) is 2.87. The van der Waals surface area contributed by atoms with E-state index in [0.717, 1.165) is 37.4 Å².